The molecule has 0 saturated heterocycles. The first kappa shape index (κ1) is 16.4. The van der Waals surface area contributed by atoms with Crippen LogP contribution in [-0.4, -0.2) is 48.1 Å². The summed E-state index contributed by atoms with van der Waals surface area (Å²) in [7, 11) is -0.491. The number of hydrogen-bond acceptors (Lipinski definition) is 5. The summed E-state index contributed by atoms with van der Waals surface area (Å²) in [4.78, 5) is 17.3. The Balaban J connectivity index is 1.78. The predicted octanol–water partition coefficient (Wildman–Crippen LogP) is 1.04. The molecule has 1 N–H and O–H groups in total. The number of carbonyl (C=O) groups excluding carboxylic acids is 1. The Morgan fingerprint density at radius 3 is 2.71 bits per heavy atom. The van der Waals surface area contributed by atoms with Crippen molar-refractivity contribution in [1.82, 2.24) is 19.7 Å². The van der Waals surface area contributed by atoms with Crippen LogP contribution in [0.3, 0.4) is 0 Å². The summed E-state index contributed by atoms with van der Waals surface area (Å²) in [6.45, 7) is 0.000386. The molecule has 0 unspecified atom stereocenters. The van der Waals surface area contributed by atoms with E-state index in [0.717, 1.165) is 18.4 Å². The lowest BCUT2D eigenvalue weighted by atomic mass is 10.1. The van der Waals surface area contributed by atoms with Gasteiger partial charge >= 0.3 is 0 Å². The molecule has 1 aliphatic carbocycles. The molecular formula is C15H19N5O3S. The maximum atomic E-state index is 12.6. The number of carbonyl (C=O) groups is 1. The summed E-state index contributed by atoms with van der Waals surface area (Å²) < 4.78 is 28.9. The average Bonchev–Trinajstić information content (AvgIpc) is 3.29. The van der Waals surface area contributed by atoms with Crippen molar-refractivity contribution in [3.63, 3.8) is 0 Å². The molecule has 0 atom stereocenters. The number of rotatable bonds is 6. The molecule has 0 bridgehead atoms. The van der Waals surface area contributed by atoms with Gasteiger partial charge in [0, 0.05) is 14.1 Å². The van der Waals surface area contributed by atoms with E-state index in [2.05, 4.69) is 14.8 Å². The summed E-state index contributed by atoms with van der Waals surface area (Å²) in [5.74, 6) is 0.0987. The van der Waals surface area contributed by atoms with Crippen molar-refractivity contribution >= 4 is 21.9 Å². The summed E-state index contributed by atoms with van der Waals surface area (Å²) in [6.07, 6.45) is 3.34. The topological polar surface area (TPSA) is 97.2 Å². The highest BCUT2D eigenvalue weighted by atomic mass is 32.2. The molecule has 1 saturated carbocycles. The third-order valence-electron chi connectivity index (χ3n) is 3.78. The second-order valence-electron chi connectivity index (χ2n) is 5.97. The Kier molecular flexibility index (Phi) is 4.27. The number of amides is 1. The van der Waals surface area contributed by atoms with Crippen LogP contribution in [0.2, 0.25) is 0 Å². The summed E-state index contributed by atoms with van der Waals surface area (Å²) in [6, 6.07) is 6.96. The Morgan fingerprint density at radius 1 is 1.33 bits per heavy atom. The fourth-order valence-corrected chi connectivity index (χ4v) is 3.58. The number of hydrogen-bond donors (Lipinski definition) is 1. The van der Waals surface area contributed by atoms with Crippen molar-refractivity contribution in [2.45, 2.75) is 30.2 Å². The molecule has 2 aromatic rings. The highest BCUT2D eigenvalue weighted by molar-refractivity contribution is 7.92. The Hall–Kier alpha value is -2.42. The zero-order valence-corrected chi connectivity index (χ0v) is 14.3. The summed E-state index contributed by atoms with van der Waals surface area (Å²) >= 11 is 0. The van der Waals surface area contributed by atoms with Crippen molar-refractivity contribution in [3.05, 3.63) is 36.2 Å². The lowest BCUT2D eigenvalue weighted by molar-refractivity contribution is -0.129. The Bertz CT molecular complexity index is 855. The van der Waals surface area contributed by atoms with Crippen molar-refractivity contribution in [2.24, 2.45) is 0 Å². The SMILES string of the molecule is CN(C)C(=O)Cn1cnc(NS(=O)(=O)c2ccccc2C2CC2)n1. The first-order valence-electron chi connectivity index (χ1n) is 7.58. The molecule has 9 heteroatoms. The van der Waals surface area contributed by atoms with Gasteiger partial charge in [-0.1, -0.05) is 18.2 Å². The van der Waals surface area contributed by atoms with Gasteiger partial charge in [-0.15, -0.1) is 5.10 Å². The zero-order valence-electron chi connectivity index (χ0n) is 13.5. The molecule has 1 amide bonds. The van der Waals surface area contributed by atoms with Crippen LogP contribution in [0.15, 0.2) is 35.5 Å². The number of aromatic nitrogens is 3. The maximum Gasteiger partial charge on any atom is 0.264 e. The third-order valence-corrected chi connectivity index (χ3v) is 5.19. The van der Waals surface area contributed by atoms with E-state index in [0.29, 0.717) is 5.92 Å². The van der Waals surface area contributed by atoms with E-state index in [1.54, 1.807) is 26.2 Å². The molecule has 1 fully saturated rings. The zero-order chi connectivity index (χ0) is 17.3. The van der Waals surface area contributed by atoms with Crippen LogP contribution >= 0.6 is 0 Å². The van der Waals surface area contributed by atoms with Gasteiger partial charge < -0.3 is 4.90 Å². The minimum Gasteiger partial charge on any atom is -0.347 e. The predicted molar refractivity (Wildman–Crippen MR) is 87.9 cm³/mol. The van der Waals surface area contributed by atoms with Crippen molar-refractivity contribution < 1.29 is 13.2 Å². The van der Waals surface area contributed by atoms with E-state index in [1.165, 1.54) is 15.9 Å². The highest BCUT2D eigenvalue weighted by Crippen LogP contribution is 2.42. The van der Waals surface area contributed by atoms with E-state index in [-0.39, 0.29) is 23.3 Å². The molecule has 3 rings (SSSR count). The van der Waals surface area contributed by atoms with Crippen LogP contribution in [0.4, 0.5) is 5.95 Å². The molecule has 24 heavy (non-hydrogen) atoms. The lowest BCUT2D eigenvalue weighted by Gasteiger charge is -2.10. The van der Waals surface area contributed by atoms with Crippen molar-refractivity contribution in [1.29, 1.82) is 0 Å². The maximum absolute atomic E-state index is 12.6. The minimum absolute atomic E-state index is 0.000386. The molecule has 128 valence electrons. The normalized spacial score (nSPS) is 14.4. The lowest BCUT2D eigenvalue weighted by Crippen LogP contribution is -2.26. The number of nitrogens with zero attached hydrogens (tertiary/aromatic N) is 4. The van der Waals surface area contributed by atoms with Gasteiger partial charge in [0.05, 0.1) is 4.90 Å². The molecule has 1 aliphatic rings. The van der Waals surface area contributed by atoms with Crippen LogP contribution in [0, 0.1) is 0 Å². The Morgan fingerprint density at radius 2 is 2.04 bits per heavy atom. The molecule has 1 heterocycles. The third kappa shape index (κ3) is 3.56. The summed E-state index contributed by atoms with van der Waals surface area (Å²) in [5, 5.41) is 4.00. The monoisotopic (exact) mass is 349 g/mol. The summed E-state index contributed by atoms with van der Waals surface area (Å²) in [5.41, 5.74) is 0.826. The second-order valence-corrected chi connectivity index (χ2v) is 7.62. The molecule has 1 aromatic carbocycles. The molecule has 1 aromatic heterocycles. The van der Waals surface area contributed by atoms with Crippen LogP contribution in [0.1, 0.15) is 24.3 Å². The van der Waals surface area contributed by atoms with E-state index < -0.39 is 10.0 Å². The largest absolute Gasteiger partial charge is 0.347 e. The first-order valence-corrected chi connectivity index (χ1v) is 9.06. The van der Waals surface area contributed by atoms with Gasteiger partial charge in [0.2, 0.25) is 5.91 Å². The number of likely N-dealkylation sites (N-methyl/N-ethyl adjacent to an activating group) is 1. The van der Waals surface area contributed by atoms with E-state index in [4.69, 9.17) is 0 Å². The van der Waals surface area contributed by atoms with Gasteiger partial charge in [0.1, 0.15) is 12.9 Å². The van der Waals surface area contributed by atoms with Crippen LogP contribution < -0.4 is 4.72 Å². The number of benzene rings is 1. The van der Waals surface area contributed by atoms with E-state index in [1.807, 2.05) is 12.1 Å². The van der Waals surface area contributed by atoms with Crippen molar-refractivity contribution in [2.75, 3.05) is 18.8 Å². The van der Waals surface area contributed by atoms with Gasteiger partial charge in [-0.05, 0) is 30.4 Å². The van der Waals surface area contributed by atoms with Crippen LogP contribution in [0.5, 0.6) is 0 Å². The Labute approximate surface area is 140 Å². The van der Waals surface area contributed by atoms with Crippen LogP contribution in [-0.2, 0) is 21.4 Å². The van der Waals surface area contributed by atoms with Gasteiger partial charge in [0.15, 0.2) is 0 Å². The molecular weight excluding hydrogens is 330 g/mol. The number of nitrogens with one attached hydrogen (secondary N) is 1. The molecule has 0 spiro atoms. The molecule has 0 aliphatic heterocycles. The minimum atomic E-state index is -3.76. The van der Waals surface area contributed by atoms with Gasteiger partial charge in [0.25, 0.3) is 16.0 Å². The number of anilines is 1. The smallest absolute Gasteiger partial charge is 0.264 e. The standard InChI is InChI=1S/C15H19N5O3S/c1-19(2)14(21)9-20-10-16-15(17-20)18-24(22,23)13-6-4-3-5-12(13)11-7-8-11/h3-6,10-11H,7-9H2,1-2H3,(H,17,18). The molecule has 0 radical (unpaired) electrons. The van der Waals surface area contributed by atoms with Gasteiger partial charge in [-0.25, -0.2) is 17.8 Å². The highest BCUT2D eigenvalue weighted by Gasteiger charge is 2.30. The van der Waals surface area contributed by atoms with Crippen LogP contribution in [0.25, 0.3) is 0 Å². The fraction of sp³-hybridized carbons (Fsp3) is 0.400. The van der Waals surface area contributed by atoms with E-state index in [9.17, 15) is 13.2 Å². The first-order chi connectivity index (χ1) is 11.4. The quantitative estimate of drug-likeness (QED) is 0.840. The van der Waals surface area contributed by atoms with E-state index >= 15 is 0 Å². The average molecular weight is 349 g/mol. The second kappa shape index (κ2) is 6.23. The van der Waals surface area contributed by atoms with Gasteiger partial charge in [-0.3, -0.25) is 4.79 Å². The molecule has 8 nitrogen and oxygen atoms in total. The van der Waals surface area contributed by atoms with Crippen molar-refractivity contribution in [3.8, 4) is 0 Å². The number of sulfonamides is 1. The fourth-order valence-electron chi connectivity index (χ4n) is 2.33. The van der Waals surface area contributed by atoms with Gasteiger partial charge in [-0.2, -0.15) is 4.98 Å².